The molecule has 0 saturated heterocycles. The number of quaternary nitrogens is 1. The summed E-state index contributed by atoms with van der Waals surface area (Å²) in [5.74, 6) is -0.347. The summed E-state index contributed by atoms with van der Waals surface area (Å²) < 4.78 is 34.2. The fourth-order valence-electron chi connectivity index (χ4n) is 4.47. The highest BCUT2D eigenvalue weighted by molar-refractivity contribution is 7.47. The van der Waals surface area contributed by atoms with Crippen LogP contribution < -0.4 is 0 Å². The number of esters is 1. The number of carbonyl (C=O) groups excluding carboxylic acids is 1. The lowest BCUT2D eigenvalue weighted by atomic mass is 10.0. The zero-order valence-corrected chi connectivity index (χ0v) is 28.4. The van der Waals surface area contributed by atoms with Gasteiger partial charge in [-0.3, -0.25) is 13.8 Å². The molecule has 0 heterocycles. The van der Waals surface area contributed by atoms with Crippen molar-refractivity contribution >= 4 is 13.8 Å². The molecule has 0 radical (unpaired) electrons. The van der Waals surface area contributed by atoms with E-state index in [1.807, 2.05) is 28.1 Å². The van der Waals surface area contributed by atoms with Gasteiger partial charge in [0, 0.05) is 13.0 Å². The lowest BCUT2D eigenvalue weighted by molar-refractivity contribution is -0.870. The Morgan fingerprint density at radius 2 is 1.12 bits per heavy atom. The van der Waals surface area contributed by atoms with E-state index in [1.165, 1.54) is 96.3 Å². The van der Waals surface area contributed by atoms with E-state index in [9.17, 15) is 14.3 Å². The van der Waals surface area contributed by atoms with Crippen molar-refractivity contribution in [3.05, 3.63) is 0 Å². The summed E-state index contributed by atoms with van der Waals surface area (Å²) in [7, 11) is 1.67. The van der Waals surface area contributed by atoms with Crippen molar-refractivity contribution in [1.82, 2.24) is 0 Å². The van der Waals surface area contributed by atoms with Crippen LogP contribution in [0, 0.1) is 0 Å². The normalized spacial score (nSPS) is 14.2. The van der Waals surface area contributed by atoms with Crippen molar-refractivity contribution < 1.29 is 37.3 Å². The molecular weight excluding hydrogens is 541 g/mol. The number of hydrogen-bond acceptors (Lipinski definition) is 6. The van der Waals surface area contributed by atoms with Gasteiger partial charge < -0.3 is 18.9 Å². The molecule has 0 fully saturated rings. The van der Waals surface area contributed by atoms with Gasteiger partial charge >= 0.3 is 13.8 Å². The first-order valence-corrected chi connectivity index (χ1v) is 18.3. The molecule has 0 amide bonds. The topological polar surface area (TPSA) is 91.3 Å². The monoisotopic (exact) mass is 608 g/mol. The van der Waals surface area contributed by atoms with Crippen LogP contribution in [0.5, 0.6) is 0 Å². The van der Waals surface area contributed by atoms with E-state index in [4.69, 9.17) is 18.5 Å². The van der Waals surface area contributed by atoms with Gasteiger partial charge in [0.2, 0.25) is 0 Å². The summed E-state index contributed by atoms with van der Waals surface area (Å²) in [6, 6.07) is 0. The quantitative estimate of drug-likeness (QED) is 0.0365. The molecule has 0 spiro atoms. The minimum absolute atomic E-state index is 0.0913. The summed E-state index contributed by atoms with van der Waals surface area (Å²) >= 11 is 0. The van der Waals surface area contributed by atoms with E-state index < -0.39 is 13.9 Å². The number of ether oxygens (including phenoxy) is 2. The average Bonchev–Trinajstić information content (AvgIpc) is 2.90. The van der Waals surface area contributed by atoms with Crippen LogP contribution in [-0.2, 0) is 27.9 Å². The van der Waals surface area contributed by atoms with Crippen LogP contribution in [0.15, 0.2) is 0 Å². The Kier molecular flexibility index (Phi) is 26.7. The first kappa shape index (κ1) is 40.5. The van der Waals surface area contributed by atoms with E-state index in [0.717, 1.165) is 25.7 Å². The van der Waals surface area contributed by atoms with E-state index in [2.05, 4.69) is 6.92 Å². The summed E-state index contributed by atoms with van der Waals surface area (Å²) in [5.41, 5.74) is 0. The second-order valence-electron chi connectivity index (χ2n) is 12.6. The molecule has 1 N–H and O–H groups in total. The Labute approximate surface area is 253 Å². The van der Waals surface area contributed by atoms with Gasteiger partial charge in [-0.1, -0.05) is 123 Å². The van der Waals surface area contributed by atoms with Crippen LogP contribution in [0.25, 0.3) is 0 Å². The van der Waals surface area contributed by atoms with E-state index in [-0.39, 0.29) is 25.8 Å². The van der Waals surface area contributed by atoms with Crippen molar-refractivity contribution in [3.8, 4) is 0 Å². The van der Waals surface area contributed by atoms with Crippen LogP contribution >= 0.6 is 7.82 Å². The summed E-state index contributed by atoms with van der Waals surface area (Å²) in [6.45, 7) is 5.39. The molecule has 0 aromatic carbocycles. The molecule has 0 aromatic rings. The van der Waals surface area contributed by atoms with Gasteiger partial charge in [0.25, 0.3) is 0 Å². The highest BCUT2D eigenvalue weighted by Gasteiger charge is 2.26. The van der Waals surface area contributed by atoms with Crippen LogP contribution in [-0.4, -0.2) is 75.6 Å². The van der Waals surface area contributed by atoms with Crippen molar-refractivity contribution in [2.24, 2.45) is 0 Å². The van der Waals surface area contributed by atoms with Gasteiger partial charge in [-0.2, -0.15) is 0 Å². The Morgan fingerprint density at radius 3 is 1.59 bits per heavy atom. The lowest BCUT2D eigenvalue weighted by Gasteiger charge is -2.24. The molecule has 8 nitrogen and oxygen atoms in total. The molecule has 0 aliphatic carbocycles. The van der Waals surface area contributed by atoms with Crippen LogP contribution in [0.4, 0.5) is 0 Å². The Hall–Kier alpha value is -0.500. The molecule has 2 atom stereocenters. The predicted molar refractivity (Wildman–Crippen MR) is 169 cm³/mol. The third-order valence-corrected chi connectivity index (χ3v) is 8.15. The number of rotatable bonds is 31. The molecule has 0 aliphatic heterocycles. The lowest BCUT2D eigenvalue weighted by Crippen LogP contribution is -2.37. The van der Waals surface area contributed by atoms with E-state index in [1.54, 1.807) is 0 Å². The fraction of sp³-hybridized carbons (Fsp3) is 0.969. The highest BCUT2D eigenvalue weighted by atomic mass is 31.2. The van der Waals surface area contributed by atoms with Gasteiger partial charge in [-0.25, -0.2) is 4.57 Å². The summed E-state index contributed by atoms with van der Waals surface area (Å²) in [6.07, 6.45) is 23.7. The molecule has 41 heavy (non-hydrogen) atoms. The summed E-state index contributed by atoms with van der Waals surface area (Å²) in [4.78, 5) is 22.1. The third kappa shape index (κ3) is 30.8. The number of phosphoric acid groups is 1. The van der Waals surface area contributed by atoms with Gasteiger partial charge in [0.05, 0.1) is 34.4 Å². The minimum atomic E-state index is -4.23. The maximum absolute atomic E-state index is 12.2. The Bertz CT molecular complexity index is 642. The van der Waals surface area contributed by atoms with Gasteiger partial charge in [-0.05, 0) is 12.8 Å². The standard InChI is InChI=1S/C32H66NO7P/c1-6-8-10-11-12-13-14-15-16-17-18-19-20-21-22-23-24-27-37-29-31(40-32(34)25-9-7-2)30-39-41(35,36)38-28-26-33(3,4)5/h31H,6-30H2,1-5H3/p+1. The highest BCUT2D eigenvalue weighted by Crippen LogP contribution is 2.43. The fourth-order valence-corrected chi connectivity index (χ4v) is 5.21. The Balaban J connectivity index is 3.92. The van der Waals surface area contributed by atoms with Crippen molar-refractivity contribution in [1.29, 1.82) is 0 Å². The van der Waals surface area contributed by atoms with Crippen molar-refractivity contribution in [2.75, 3.05) is 54.1 Å². The van der Waals surface area contributed by atoms with E-state index in [0.29, 0.717) is 24.1 Å². The maximum atomic E-state index is 12.2. The van der Waals surface area contributed by atoms with Gasteiger partial charge in [0.1, 0.15) is 19.3 Å². The van der Waals surface area contributed by atoms with Crippen LogP contribution in [0.3, 0.4) is 0 Å². The first-order valence-electron chi connectivity index (χ1n) is 16.8. The summed E-state index contributed by atoms with van der Waals surface area (Å²) in [5, 5.41) is 0. The second-order valence-corrected chi connectivity index (χ2v) is 14.0. The van der Waals surface area contributed by atoms with Crippen LogP contribution in [0.2, 0.25) is 0 Å². The predicted octanol–water partition coefficient (Wildman–Crippen LogP) is 8.60. The van der Waals surface area contributed by atoms with Gasteiger partial charge in [0.15, 0.2) is 0 Å². The molecule has 0 rings (SSSR count). The van der Waals surface area contributed by atoms with Crippen molar-refractivity contribution in [3.63, 3.8) is 0 Å². The number of nitrogens with zero attached hydrogens (tertiary/aromatic N) is 1. The first-order chi connectivity index (χ1) is 19.6. The Morgan fingerprint density at radius 1 is 0.659 bits per heavy atom. The largest absolute Gasteiger partial charge is 0.472 e. The second kappa shape index (κ2) is 27.1. The number of phosphoric ester groups is 1. The molecule has 0 aromatic heterocycles. The molecule has 2 unspecified atom stereocenters. The smallest absolute Gasteiger partial charge is 0.457 e. The zero-order chi connectivity index (χ0) is 30.7. The number of hydrogen-bond donors (Lipinski definition) is 1. The number of likely N-dealkylation sites (N-methyl/N-ethyl adjacent to an activating group) is 1. The number of carbonyl (C=O) groups is 1. The molecule has 246 valence electrons. The minimum Gasteiger partial charge on any atom is -0.457 e. The average molecular weight is 609 g/mol. The third-order valence-electron chi connectivity index (χ3n) is 7.17. The molecule has 9 heteroatoms. The van der Waals surface area contributed by atoms with Gasteiger partial charge in [-0.15, -0.1) is 0 Å². The molecule has 0 bridgehead atoms. The molecular formula is C32H67NO7P+. The maximum Gasteiger partial charge on any atom is 0.472 e. The molecule has 0 aliphatic rings. The SMILES string of the molecule is CCCCCCCCCCCCCCCCCCCOCC(COP(=O)(O)OCC[N+](C)(C)C)OC(=O)CCCC. The van der Waals surface area contributed by atoms with Crippen LogP contribution in [0.1, 0.15) is 142 Å². The molecule has 0 saturated carbocycles. The van der Waals surface area contributed by atoms with E-state index >= 15 is 0 Å². The van der Waals surface area contributed by atoms with Crippen molar-refractivity contribution in [2.45, 2.75) is 148 Å². The number of unbranched alkanes of at least 4 members (excludes halogenated alkanes) is 17. The zero-order valence-electron chi connectivity index (χ0n) is 27.5.